The maximum atomic E-state index is 12.7. The minimum absolute atomic E-state index is 0.276. The molecule has 8 nitrogen and oxygen atoms in total. The zero-order valence-electron chi connectivity index (χ0n) is 24.4. The number of amides is 1. The normalized spacial score (nSPS) is 15.8. The number of aromatic amines is 2. The Balaban J connectivity index is 1.18. The molecule has 1 aliphatic heterocycles. The fourth-order valence-corrected chi connectivity index (χ4v) is 5.59. The number of benzene rings is 2. The third-order valence-electron chi connectivity index (χ3n) is 7.59. The smallest absolute Gasteiger partial charge is 0.410 e. The molecule has 4 aromatic rings. The van der Waals surface area contributed by atoms with E-state index >= 15 is 0 Å². The van der Waals surface area contributed by atoms with E-state index in [1.807, 2.05) is 39.0 Å². The van der Waals surface area contributed by atoms with Crippen molar-refractivity contribution in [3.63, 3.8) is 0 Å². The predicted molar refractivity (Wildman–Crippen MR) is 164 cm³/mol. The summed E-state index contributed by atoms with van der Waals surface area (Å²) in [6.07, 6.45) is 9.74. The average molecular weight is 561 g/mol. The van der Waals surface area contributed by atoms with Crippen molar-refractivity contribution < 1.29 is 9.53 Å². The molecule has 6 rings (SSSR count). The number of fused-ring (bicyclic) bond motifs is 4. The second-order valence-corrected chi connectivity index (χ2v) is 12.0. The first kappa shape index (κ1) is 27.6. The molecule has 214 valence electrons. The summed E-state index contributed by atoms with van der Waals surface area (Å²) >= 11 is 0. The van der Waals surface area contributed by atoms with Gasteiger partial charge in [-0.05, 0) is 88.9 Å². The molecule has 0 radical (unpaired) electrons. The number of nitrogens with one attached hydrogen (secondary N) is 3. The molecule has 8 heteroatoms. The zero-order chi connectivity index (χ0) is 29.3. The van der Waals surface area contributed by atoms with Gasteiger partial charge in [-0.2, -0.15) is 0 Å². The lowest BCUT2D eigenvalue weighted by molar-refractivity contribution is 0.0233. The number of carbonyl (C=O) groups excluding carboxylic acids is 1. The summed E-state index contributed by atoms with van der Waals surface area (Å²) in [4.78, 5) is 30.9. The first-order valence-corrected chi connectivity index (χ1v) is 14.6. The van der Waals surface area contributed by atoms with Gasteiger partial charge < -0.3 is 20.0 Å². The van der Waals surface area contributed by atoms with Crippen LogP contribution in [-0.4, -0.2) is 49.6 Å². The standard InChI is InChI=1S/C34H36N6O2/c1-5-6-18-40(33(41)42-34(2,3)4)21-30-36-26-15-12-23(20-29(26)37-30)10-9-22-11-14-25-24(19-22)13-16-27-31(25)39-32(38-27)28-8-7-17-35-28/h1,11-12,14-15,19-20,28,35H,6-8,13,16-18,21H2,2-4H3,(H,36,37)(H,38,39). The molecular formula is C34H36N6O2. The fourth-order valence-electron chi connectivity index (χ4n) is 5.59. The van der Waals surface area contributed by atoms with Crippen LogP contribution in [0.1, 0.15) is 80.1 Å². The van der Waals surface area contributed by atoms with Gasteiger partial charge in [-0.25, -0.2) is 14.8 Å². The Bertz CT molecular complexity index is 1730. The van der Waals surface area contributed by atoms with Crippen molar-refractivity contribution in [2.24, 2.45) is 0 Å². The van der Waals surface area contributed by atoms with E-state index in [2.05, 4.69) is 56.2 Å². The summed E-state index contributed by atoms with van der Waals surface area (Å²) in [5.74, 6) is 11.0. The van der Waals surface area contributed by atoms with Crippen molar-refractivity contribution in [3.8, 4) is 35.4 Å². The Labute approximate surface area is 246 Å². The first-order valence-electron chi connectivity index (χ1n) is 14.6. The van der Waals surface area contributed by atoms with E-state index in [0.717, 1.165) is 59.5 Å². The number of H-pyrrole nitrogens is 2. The lowest BCUT2D eigenvalue weighted by atomic mass is 9.91. The number of hydrogen-bond acceptors (Lipinski definition) is 5. The summed E-state index contributed by atoms with van der Waals surface area (Å²) in [5.41, 5.74) is 7.77. The molecule has 2 aromatic heterocycles. The number of terminal acetylenes is 1. The molecular weight excluding hydrogens is 524 g/mol. The van der Waals surface area contributed by atoms with E-state index in [1.54, 1.807) is 4.90 Å². The van der Waals surface area contributed by atoms with Crippen LogP contribution in [0, 0.1) is 24.2 Å². The van der Waals surface area contributed by atoms with Gasteiger partial charge in [0.1, 0.15) is 17.2 Å². The molecule has 1 amide bonds. The minimum Gasteiger partial charge on any atom is -0.444 e. The minimum atomic E-state index is -0.594. The van der Waals surface area contributed by atoms with Crippen molar-refractivity contribution in [2.45, 2.75) is 71.1 Å². The molecule has 1 fully saturated rings. The van der Waals surface area contributed by atoms with Crippen LogP contribution in [0.3, 0.4) is 0 Å². The number of ether oxygens (including phenoxy) is 1. The highest BCUT2D eigenvalue weighted by Gasteiger charge is 2.26. The van der Waals surface area contributed by atoms with Gasteiger partial charge in [0.25, 0.3) is 0 Å². The van der Waals surface area contributed by atoms with Gasteiger partial charge >= 0.3 is 6.09 Å². The van der Waals surface area contributed by atoms with E-state index in [0.29, 0.717) is 24.8 Å². The molecule has 42 heavy (non-hydrogen) atoms. The molecule has 3 N–H and O–H groups in total. The van der Waals surface area contributed by atoms with Gasteiger partial charge in [-0.15, -0.1) is 12.3 Å². The fraction of sp³-hybridized carbons (Fsp3) is 0.382. The largest absolute Gasteiger partial charge is 0.444 e. The highest BCUT2D eigenvalue weighted by atomic mass is 16.6. The van der Waals surface area contributed by atoms with Crippen LogP contribution in [0.5, 0.6) is 0 Å². The highest BCUT2D eigenvalue weighted by molar-refractivity contribution is 5.77. The van der Waals surface area contributed by atoms with Crippen LogP contribution < -0.4 is 5.32 Å². The predicted octanol–water partition coefficient (Wildman–Crippen LogP) is 5.64. The van der Waals surface area contributed by atoms with Crippen LogP contribution in [0.2, 0.25) is 0 Å². The number of imidazole rings is 2. The van der Waals surface area contributed by atoms with Crippen LogP contribution in [-0.2, 0) is 24.1 Å². The van der Waals surface area contributed by atoms with Crippen molar-refractivity contribution in [2.75, 3.05) is 13.1 Å². The molecule has 2 aromatic carbocycles. The summed E-state index contributed by atoms with van der Waals surface area (Å²) in [6.45, 7) is 7.26. The molecule has 0 spiro atoms. The van der Waals surface area contributed by atoms with Crippen LogP contribution in [0.25, 0.3) is 22.3 Å². The van der Waals surface area contributed by atoms with Gasteiger partial charge in [-0.1, -0.05) is 17.9 Å². The lowest BCUT2D eigenvalue weighted by Crippen LogP contribution is -2.37. The topological polar surface area (TPSA) is 98.9 Å². The van der Waals surface area contributed by atoms with Crippen LogP contribution in [0.4, 0.5) is 4.79 Å². The molecule has 0 bridgehead atoms. The van der Waals surface area contributed by atoms with E-state index in [4.69, 9.17) is 16.1 Å². The van der Waals surface area contributed by atoms with Crippen LogP contribution >= 0.6 is 0 Å². The Morgan fingerprint density at radius 1 is 1.10 bits per heavy atom. The number of carbonyl (C=O) groups is 1. The summed E-state index contributed by atoms with van der Waals surface area (Å²) in [6, 6.07) is 12.7. The Morgan fingerprint density at radius 3 is 2.67 bits per heavy atom. The van der Waals surface area contributed by atoms with Gasteiger partial charge in [0, 0.05) is 35.3 Å². The monoisotopic (exact) mass is 560 g/mol. The van der Waals surface area contributed by atoms with Crippen molar-refractivity contribution in [1.29, 1.82) is 0 Å². The van der Waals surface area contributed by atoms with E-state index in [-0.39, 0.29) is 6.54 Å². The Hall–Kier alpha value is -4.53. The summed E-state index contributed by atoms with van der Waals surface area (Å²) in [5, 5.41) is 3.54. The number of rotatable bonds is 5. The molecule has 1 unspecified atom stereocenters. The molecule has 1 aliphatic carbocycles. The molecule has 0 saturated carbocycles. The van der Waals surface area contributed by atoms with Gasteiger partial charge in [-0.3, -0.25) is 4.90 Å². The first-order chi connectivity index (χ1) is 20.3. The molecule has 2 aliphatic rings. The Kier molecular flexibility index (Phi) is 7.49. The van der Waals surface area contributed by atoms with Crippen molar-refractivity contribution in [3.05, 3.63) is 70.4 Å². The summed E-state index contributed by atoms with van der Waals surface area (Å²) in [7, 11) is 0. The highest BCUT2D eigenvalue weighted by Crippen LogP contribution is 2.34. The van der Waals surface area contributed by atoms with E-state index < -0.39 is 11.7 Å². The number of aromatic nitrogens is 4. The Morgan fingerprint density at radius 2 is 1.90 bits per heavy atom. The van der Waals surface area contributed by atoms with Crippen LogP contribution in [0.15, 0.2) is 36.4 Å². The van der Waals surface area contributed by atoms with E-state index in [1.165, 1.54) is 23.2 Å². The second-order valence-electron chi connectivity index (χ2n) is 12.0. The SMILES string of the molecule is C#CCCN(Cc1nc2ccc(C#Cc3ccc4c(c3)CCc3[nH]c(C5CCCN5)nc3-4)cc2[nH]1)C(=O)OC(C)(C)C. The molecule has 3 heterocycles. The van der Waals surface area contributed by atoms with Gasteiger partial charge in [0.15, 0.2) is 0 Å². The second kappa shape index (κ2) is 11.4. The molecule has 1 saturated heterocycles. The maximum Gasteiger partial charge on any atom is 0.410 e. The summed E-state index contributed by atoms with van der Waals surface area (Å²) < 4.78 is 5.56. The quantitative estimate of drug-likeness (QED) is 0.275. The van der Waals surface area contributed by atoms with Crippen molar-refractivity contribution >= 4 is 17.1 Å². The number of aryl methyl sites for hydroxylation is 2. The van der Waals surface area contributed by atoms with E-state index in [9.17, 15) is 4.79 Å². The van der Waals surface area contributed by atoms with Gasteiger partial charge in [0.05, 0.1) is 29.3 Å². The number of nitrogens with zero attached hydrogens (tertiary/aromatic N) is 3. The maximum absolute atomic E-state index is 12.7. The third-order valence-corrected chi connectivity index (χ3v) is 7.59. The lowest BCUT2D eigenvalue weighted by Gasteiger charge is -2.26. The van der Waals surface area contributed by atoms with Gasteiger partial charge in [0.2, 0.25) is 0 Å². The van der Waals surface area contributed by atoms with Crippen molar-refractivity contribution in [1.82, 2.24) is 30.2 Å². The third kappa shape index (κ3) is 6.05. The molecule has 1 atom stereocenters. The average Bonchev–Trinajstić information content (AvgIpc) is 3.72. The zero-order valence-corrected chi connectivity index (χ0v) is 24.4. The number of hydrogen-bond donors (Lipinski definition) is 3.